The standard InChI is InChI=1S/C10H13NO4/c12-9(7-8-3-2-6-15-8)11-5-1-4-10(13)14/h2-3,6H,1,4-5,7H2,(H,11,12)(H,13,14). The van der Waals surface area contributed by atoms with Gasteiger partial charge in [0.1, 0.15) is 5.76 Å². The van der Waals surface area contributed by atoms with Crippen molar-refractivity contribution in [2.45, 2.75) is 19.3 Å². The second-order valence-corrected chi connectivity index (χ2v) is 3.10. The molecular formula is C10H13NO4. The summed E-state index contributed by atoms with van der Waals surface area (Å²) in [7, 11) is 0. The highest BCUT2D eigenvalue weighted by Gasteiger charge is 2.04. The van der Waals surface area contributed by atoms with Gasteiger partial charge in [0.25, 0.3) is 0 Å². The average Bonchev–Trinajstić information content (AvgIpc) is 2.64. The topological polar surface area (TPSA) is 79.5 Å². The minimum Gasteiger partial charge on any atom is -0.481 e. The molecule has 0 saturated carbocycles. The SMILES string of the molecule is O=C(O)CCCNC(=O)Cc1ccco1. The van der Waals surface area contributed by atoms with Crippen LogP contribution in [-0.4, -0.2) is 23.5 Å². The Bertz CT molecular complexity index is 318. The maximum absolute atomic E-state index is 11.2. The predicted octanol–water partition coefficient (Wildman–Crippen LogP) is 0.803. The third-order valence-electron chi connectivity index (χ3n) is 1.80. The number of rotatable bonds is 6. The van der Waals surface area contributed by atoms with Gasteiger partial charge in [-0.05, 0) is 18.6 Å². The van der Waals surface area contributed by atoms with Crippen LogP contribution in [0.3, 0.4) is 0 Å². The smallest absolute Gasteiger partial charge is 0.303 e. The highest BCUT2D eigenvalue weighted by Crippen LogP contribution is 2.00. The average molecular weight is 211 g/mol. The van der Waals surface area contributed by atoms with Crippen molar-refractivity contribution in [3.63, 3.8) is 0 Å². The third-order valence-corrected chi connectivity index (χ3v) is 1.80. The molecule has 0 spiro atoms. The first-order chi connectivity index (χ1) is 7.18. The van der Waals surface area contributed by atoms with Gasteiger partial charge in [-0.15, -0.1) is 0 Å². The van der Waals surface area contributed by atoms with E-state index in [0.29, 0.717) is 18.7 Å². The van der Waals surface area contributed by atoms with E-state index in [2.05, 4.69) is 5.32 Å². The number of hydrogen-bond acceptors (Lipinski definition) is 3. The Kier molecular flexibility index (Phi) is 4.40. The number of carboxylic acid groups (broad SMARTS) is 1. The van der Waals surface area contributed by atoms with E-state index in [9.17, 15) is 9.59 Å². The molecule has 0 fully saturated rings. The molecule has 0 saturated heterocycles. The molecule has 0 unspecified atom stereocenters. The Hall–Kier alpha value is -1.78. The van der Waals surface area contributed by atoms with E-state index in [-0.39, 0.29) is 18.7 Å². The van der Waals surface area contributed by atoms with Gasteiger partial charge in [-0.1, -0.05) is 0 Å². The number of hydrogen-bond donors (Lipinski definition) is 2. The lowest BCUT2D eigenvalue weighted by atomic mass is 10.3. The van der Waals surface area contributed by atoms with E-state index in [1.165, 1.54) is 6.26 Å². The van der Waals surface area contributed by atoms with Crippen LogP contribution in [0.25, 0.3) is 0 Å². The van der Waals surface area contributed by atoms with E-state index in [4.69, 9.17) is 9.52 Å². The van der Waals surface area contributed by atoms with Crippen molar-refractivity contribution in [1.82, 2.24) is 5.32 Å². The Labute approximate surface area is 87.1 Å². The summed E-state index contributed by atoms with van der Waals surface area (Å²) in [6, 6.07) is 3.43. The maximum Gasteiger partial charge on any atom is 0.303 e. The normalized spacial score (nSPS) is 9.87. The third kappa shape index (κ3) is 4.85. The summed E-state index contributed by atoms with van der Waals surface area (Å²) in [4.78, 5) is 21.4. The second kappa shape index (κ2) is 5.85. The molecule has 1 aromatic heterocycles. The quantitative estimate of drug-likeness (QED) is 0.682. The summed E-state index contributed by atoms with van der Waals surface area (Å²) < 4.78 is 4.99. The number of carbonyl (C=O) groups excluding carboxylic acids is 1. The molecular weight excluding hydrogens is 198 g/mol. The van der Waals surface area contributed by atoms with Crippen molar-refractivity contribution < 1.29 is 19.1 Å². The van der Waals surface area contributed by atoms with E-state index in [1.54, 1.807) is 12.1 Å². The van der Waals surface area contributed by atoms with Crippen LogP contribution in [0.4, 0.5) is 0 Å². The van der Waals surface area contributed by atoms with Crippen LogP contribution < -0.4 is 5.32 Å². The van der Waals surface area contributed by atoms with Crippen molar-refractivity contribution in [2.24, 2.45) is 0 Å². The summed E-state index contributed by atoms with van der Waals surface area (Å²) in [6.07, 6.45) is 2.22. The van der Waals surface area contributed by atoms with Gasteiger partial charge >= 0.3 is 5.97 Å². The van der Waals surface area contributed by atoms with Gasteiger partial charge < -0.3 is 14.8 Å². The number of carbonyl (C=O) groups is 2. The Morgan fingerprint density at radius 2 is 2.27 bits per heavy atom. The lowest BCUT2D eigenvalue weighted by Crippen LogP contribution is -2.26. The molecule has 1 aromatic rings. The second-order valence-electron chi connectivity index (χ2n) is 3.10. The van der Waals surface area contributed by atoms with Crippen LogP contribution in [0, 0.1) is 0 Å². The van der Waals surface area contributed by atoms with E-state index in [1.807, 2.05) is 0 Å². The Morgan fingerprint density at radius 1 is 1.47 bits per heavy atom. The highest BCUT2D eigenvalue weighted by molar-refractivity contribution is 5.77. The van der Waals surface area contributed by atoms with Gasteiger partial charge in [0.2, 0.25) is 5.91 Å². The molecule has 5 nitrogen and oxygen atoms in total. The van der Waals surface area contributed by atoms with Crippen LogP contribution in [0.15, 0.2) is 22.8 Å². The fourth-order valence-electron chi connectivity index (χ4n) is 1.10. The van der Waals surface area contributed by atoms with Gasteiger partial charge in [0.15, 0.2) is 0 Å². The lowest BCUT2D eigenvalue weighted by molar-refractivity contribution is -0.137. The molecule has 2 N–H and O–H groups in total. The summed E-state index contributed by atoms with van der Waals surface area (Å²) in [5, 5.41) is 11.0. The van der Waals surface area contributed by atoms with E-state index >= 15 is 0 Å². The zero-order chi connectivity index (χ0) is 11.1. The minimum absolute atomic E-state index is 0.0705. The largest absolute Gasteiger partial charge is 0.481 e. The molecule has 0 aliphatic carbocycles. The van der Waals surface area contributed by atoms with E-state index < -0.39 is 5.97 Å². The van der Waals surface area contributed by atoms with Crippen molar-refractivity contribution in [3.8, 4) is 0 Å². The fraction of sp³-hybridized carbons (Fsp3) is 0.400. The van der Waals surface area contributed by atoms with Gasteiger partial charge in [0.05, 0.1) is 12.7 Å². The van der Waals surface area contributed by atoms with Crippen molar-refractivity contribution in [1.29, 1.82) is 0 Å². The first-order valence-electron chi connectivity index (χ1n) is 4.69. The molecule has 5 heteroatoms. The highest BCUT2D eigenvalue weighted by atomic mass is 16.4. The maximum atomic E-state index is 11.2. The van der Waals surface area contributed by atoms with Crippen LogP contribution in [-0.2, 0) is 16.0 Å². The monoisotopic (exact) mass is 211 g/mol. The first kappa shape index (κ1) is 11.3. The number of aliphatic carboxylic acids is 1. The molecule has 0 aliphatic heterocycles. The molecule has 15 heavy (non-hydrogen) atoms. The molecule has 1 rings (SSSR count). The van der Waals surface area contributed by atoms with Crippen molar-refractivity contribution >= 4 is 11.9 Å². The van der Waals surface area contributed by atoms with Crippen LogP contribution in [0.2, 0.25) is 0 Å². The van der Waals surface area contributed by atoms with Gasteiger partial charge in [-0.25, -0.2) is 0 Å². The molecule has 0 atom stereocenters. The van der Waals surface area contributed by atoms with Crippen LogP contribution >= 0.6 is 0 Å². The van der Waals surface area contributed by atoms with Crippen LogP contribution in [0.5, 0.6) is 0 Å². The molecule has 0 bridgehead atoms. The molecule has 0 radical (unpaired) electrons. The minimum atomic E-state index is -0.852. The summed E-state index contributed by atoms with van der Waals surface area (Å²) in [6.45, 7) is 0.381. The number of nitrogens with one attached hydrogen (secondary N) is 1. The van der Waals surface area contributed by atoms with Gasteiger partial charge in [-0.3, -0.25) is 9.59 Å². The first-order valence-corrected chi connectivity index (χ1v) is 4.69. The van der Waals surface area contributed by atoms with Crippen molar-refractivity contribution in [3.05, 3.63) is 24.2 Å². The number of amides is 1. The number of furan rings is 1. The summed E-state index contributed by atoms with van der Waals surface area (Å²) in [5.41, 5.74) is 0. The Balaban J connectivity index is 2.11. The zero-order valence-electron chi connectivity index (χ0n) is 8.23. The molecule has 1 heterocycles. The predicted molar refractivity (Wildman–Crippen MR) is 52.3 cm³/mol. The van der Waals surface area contributed by atoms with E-state index in [0.717, 1.165) is 0 Å². The molecule has 82 valence electrons. The molecule has 0 aliphatic rings. The molecule has 0 aromatic carbocycles. The zero-order valence-corrected chi connectivity index (χ0v) is 8.23. The van der Waals surface area contributed by atoms with Gasteiger partial charge in [-0.2, -0.15) is 0 Å². The Morgan fingerprint density at radius 3 is 2.87 bits per heavy atom. The lowest BCUT2D eigenvalue weighted by Gasteiger charge is -2.01. The molecule has 1 amide bonds. The fourth-order valence-corrected chi connectivity index (χ4v) is 1.10. The number of carboxylic acids is 1. The van der Waals surface area contributed by atoms with Crippen LogP contribution in [0.1, 0.15) is 18.6 Å². The summed E-state index contributed by atoms with van der Waals surface area (Å²) >= 11 is 0. The van der Waals surface area contributed by atoms with Crippen molar-refractivity contribution in [2.75, 3.05) is 6.54 Å². The summed E-state index contributed by atoms with van der Waals surface area (Å²) in [5.74, 6) is -0.406. The van der Waals surface area contributed by atoms with Gasteiger partial charge in [0, 0.05) is 13.0 Å².